The van der Waals surface area contributed by atoms with Crippen LogP contribution in [0.5, 0.6) is 0 Å². The predicted molar refractivity (Wildman–Crippen MR) is 185 cm³/mol. The van der Waals surface area contributed by atoms with Gasteiger partial charge in [0.1, 0.15) is 0 Å². The largest absolute Gasteiger partial charge is 0.148 e. The van der Waals surface area contributed by atoms with E-state index in [-0.39, 0.29) is 0 Å². The summed E-state index contributed by atoms with van der Waals surface area (Å²) in [6.07, 6.45) is 3.96. The molecule has 2 aromatic carbocycles. The third-order valence-corrected chi connectivity index (χ3v) is 14.8. The summed E-state index contributed by atoms with van der Waals surface area (Å²) >= 11 is 13.5. The molecule has 4 aromatic rings. The molecule has 0 nitrogen and oxygen atoms in total. The van der Waals surface area contributed by atoms with Crippen LogP contribution in [0.25, 0.3) is 20.9 Å². The fourth-order valence-electron chi connectivity index (χ4n) is 4.25. The third-order valence-electron chi connectivity index (χ3n) is 6.96. The Kier molecular flexibility index (Phi) is 8.50. The molecule has 6 rings (SSSR count). The van der Waals surface area contributed by atoms with Gasteiger partial charge in [0.05, 0.1) is 0 Å². The van der Waals surface area contributed by atoms with Crippen LogP contribution in [0, 0.1) is 0 Å². The standard InChI is InChI=1S/C32H30S7/c1-5-11-33-23-7-9-27(25(15-23)29-13-21(17-35-29)31(3)19-37-31)39-28-10-8-24(34-12-6-2)16-26(28)30-14-22(18-36-30)32(4)20-38-32/h5-10,13-18H,1-2,11-12,19-20H2,3-4H3. The van der Waals surface area contributed by atoms with Crippen molar-refractivity contribution in [2.45, 2.75) is 42.9 Å². The first-order valence-corrected chi connectivity index (χ1v) is 19.3. The zero-order chi connectivity index (χ0) is 27.0. The van der Waals surface area contributed by atoms with Gasteiger partial charge in [0.15, 0.2) is 0 Å². The van der Waals surface area contributed by atoms with Crippen molar-refractivity contribution in [3.05, 3.63) is 95.7 Å². The van der Waals surface area contributed by atoms with E-state index < -0.39 is 0 Å². The van der Waals surface area contributed by atoms with Gasteiger partial charge in [-0.3, -0.25) is 0 Å². The molecule has 2 atom stereocenters. The minimum atomic E-state index is 0.302. The van der Waals surface area contributed by atoms with Gasteiger partial charge in [0.2, 0.25) is 0 Å². The molecule has 2 fully saturated rings. The highest BCUT2D eigenvalue weighted by molar-refractivity contribution is 8.07. The lowest BCUT2D eigenvalue weighted by Crippen LogP contribution is -1.96. The zero-order valence-corrected chi connectivity index (χ0v) is 27.7. The van der Waals surface area contributed by atoms with Gasteiger partial charge >= 0.3 is 0 Å². The SMILES string of the molecule is C=CCSc1ccc(Sc2ccc(SCC=C)cc2-c2cc(C3(C)CS3)cs2)c(-c2cc(C3(C)CS3)cs2)c1. The second kappa shape index (κ2) is 11.7. The fraction of sp³-hybridized carbons (Fsp3) is 0.250. The molecule has 7 heteroatoms. The van der Waals surface area contributed by atoms with E-state index in [9.17, 15) is 0 Å². The van der Waals surface area contributed by atoms with Crippen LogP contribution in [0.4, 0.5) is 0 Å². The van der Waals surface area contributed by atoms with Crippen molar-refractivity contribution in [1.29, 1.82) is 0 Å². The van der Waals surface area contributed by atoms with E-state index in [0.29, 0.717) is 9.49 Å². The maximum absolute atomic E-state index is 3.92. The molecule has 0 bridgehead atoms. The van der Waals surface area contributed by atoms with Crippen LogP contribution in [0.15, 0.2) is 104 Å². The monoisotopic (exact) mass is 638 g/mol. The van der Waals surface area contributed by atoms with Gasteiger partial charge in [0, 0.05) is 73.0 Å². The molecule has 2 aliphatic rings. The van der Waals surface area contributed by atoms with E-state index in [1.54, 1.807) is 0 Å². The molecule has 0 N–H and O–H groups in total. The highest BCUT2D eigenvalue weighted by Crippen LogP contribution is 2.56. The van der Waals surface area contributed by atoms with E-state index >= 15 is 0 Å². The zero-order valence-electron chi connectivity index (χ0n) is 22.0. The molecular formula is C32H30S7. The Morgan fingerprint density at radius 3 is 1.54 bits per heavy atom. The minimum Gasteiger partial charge on any atom is -0.148 e. The molecule has 4 heterocycles. The lowest BCUT2D eigenvalue weighted by Gasteiger charge is -2.14. The Labute approximate surface area is 261 Å². The summed E-state index contributed by atoms with van der Waals surface area (Å²) in [5.74, 6) is 4.28. The Morgan fingerprint density at radius 2 is 1.15 bits per heavy atom. The number of hydrogen-bond acceptors (Lipinski definition) is 7. The molecule has 0 spiro atoms. The first-order valence-electron chi connectivity index (χ1n) is 12.8. The second-order valence-corrected chi connectivity index (χ2v) is 18.1. The average molecular weight is 639 g/mol. The highest BCUT2D eigenvalue weighted by atomic mass is 32.2. The molecule has 39 heavy (non-hydrogen) atoms. The molecule has 2 aromatic heterocycles. The van der Waals surface area contributed by atoms with Crippen LogP contribution in [-0.2, 0) is 9.49 Å². The van der Waals surface area contributed by atoms with Gasteiger partial charge in [-0.1, -0.05) is 23.9 Å². The van der Waals surface area contributed by atoms with E-state index in [1.165, 1.54) is 63.1 Å². The molecule has 200 valence electrons. The summed E-state index contributed by atoms with van der Waals surface area (Å²) < 4.78 is 0.605. The van der Waals surface area contributed by atoms with Crippen molar-refractivity contribution in [3.8, 4) is 20.9 Å². The number of thiophene rings is 2. The van der Waals surface area contributed by atoms with E-state index in [4.69, 9.17) is 0 Å². The summed E-state index contributed by atoms with van der Waals surface area (Å²) in [5.41, 5.74) is 5.61. The maximum atomic E-state index is 3.92. The Hall–Kier alpha value is -0.930. The van der Waals surface area contributed by atoms with Gasteiger partial charge in [-0.15, -0.1) is 82.9 Å². The summed E-state index contributed by atoms with van der Waals surface area (Å²) in [7, 11) is 0. The summed E-state index contributed by atoms with van der Waals surface area (Å²) in [5, 5.41) is 4.74. The number of rotatable bonds is 12. The Bertz CT molecular complexity index is 1400. The first-order chi connectivity index (χ1) is 18.9. The smallest absolute Gasteiger partial charge is 0.0479 e. The van der Waals surface area contributed by atoms with Crippen LogP contribution in [-0.4, -0.2) is 23.0 Å². The van der Waals surface area contributed by atoms with Gasteiger partial charge in [0.25, 0.3) is 0 Å². The second-order valence-electron chi connectivity index (χ2n) is 10.1. The minimum absolute atomic E-state index is 0.302. The lowest BCUT2D eigenvalue weighted by molar-refractivity contribution is 0.893. The highest BCUT2D eigenvalue weighted by Gasteiger charge is 2.42. The first kappa shape index (κ1) is 28.2. The van der Waals surface area contributed by atoms with Crippen molar-refractivity contribution in [1.82, 2.24) is 0 Å². The maximum Gasteiger partial charge on any atom is 0.0479 e. The predicted octanol–water partition coefficient (Wildman–Crippen LogP) is 11.8. The van der Waals surface area contributed by atoms with Crippen molar-refractivity contribution in [2.75, 3.05) is 23.0 Å². The summed E-state index contributed by atoms with van der Waals surface area (Å²) in [6, 6.07) is 18.8. The van der Waals surface area contributed by atoms with E-state index in [2.05, 4.69) is 86.3 Å². The summed E-state index contributed by atoms with van der Waals surface area (Å²) in [6.45, 7) is 12.6. The van der Waals surface area contributed by atoms with Crippen LogP contribution in [0.1, 0.15) is 25.0 Å². The topological polar surface area (TPSA) is 0 Å². The van der Waals surface area contributed by atoms with Gasteiger partial charge < -0.3 is 0 Å². The van der Waals surface area contributed by atoms with Gasteiger partial charge in [-0.05, 0) is 84.3 Å². The van der Waals surface area contributed by atoms with Crippen LogP contribution < -0.4 is 0 Å². The average Bonchev–Trinajstić information content (AvgIpc) is 3.71. The fourth-order valence-corrected chi connectivity index (χ4v) is 10.4. The molecular weight excluding hydrogens is 609 g/mol. The number of hydrogen-bond donors (Lipinski definition) is 0. The molecule has 0 amide bonds. The molecule has 0 aliphatic carbocycles. The van der Waals surface area contributed by atoms with Crippen molar-refractivity contribution in [2.24, 2.45) is 0 Å². The van der Waals surface area contributed by atoms with Crippen LogP contribution in [0.2, 0.25) is 0 Å². The normalized spacial score (nSPS) is 21.6. The third kappa shape index (κ3) is 6.30. The molecule has 2 saturated heterocycles. The molecule has 0 saturated carbocycles. The molecule has 2 unspecified atom stereocenters. The van der Waals surface area contributed by atoms with Gasteiger partial charge in [-0.2, -0.15) is 0 Å². The van der Waals surface area contributed by atoms with Crippen molar-refractivity contribution >= 4 is 81.5 Å². The number of thioether (sulfide) groups is 4. The Balaban J connectivity index is 1.39. The molecule has 0 radical (unpaired) electrons. The van der Waals surface area contributed by atoms with Crippen LogP contribution in [0.3, 0.4) is 0 Å². The summed E-state index contributed by atoms with van der Waals surface area (Å²) in [4.78, 5) is 7.94. The number of benzene rings is 2. The quantitative estimate of drug-likeness (QED) is 0.0857. The van der Waals surface area contributed by atoms with Gasteiger partial charge in [-0.25, -0.2) is 0 Å². The van der Waals surface area contributed by atoms with E-state index in [0.717, 1.165) is 11.5 Å². The lowest BCUT2D eigenvalue weighted by atomic mass is 10.1. The molecule has 2 aliphatic heterocycles. The van der Waals surface area contributed by atoms with Crippen LogP contribution >= 0.6 is 81.5 Å². The van der Waals surface area contributed by atoms with Crippen molar-refractivity contribution < 1.29 is 0 Å². The van der Waals surface area contributed by atoms with Crippen molar-refractivity contribution in [3.63, 3.8) is 0 Å². The van der Waals surface area contributed by atoms with E-state index in [1.807, 2.05) is 93.6 Å². The Morgan fingerprint density at radius 1 is 0.718 bits per heavy atom.